The molecule has 3 nitrogen and oxygen atoms in total. The van der Waals surface area contributed by atoms with Gasteiger partial charge in [-0.05, 0) is 70.5 Å². The average molecular weight is 251 g/mol. The molecule has 3 heteroatoms. The topological polar surface area (TPSA) is 53.0 Å². The van der Waals surface area contributed by atoms with Crippen molar-refractivity contribution < 1.29 is 0 Å². The lowest BCUT2D eigenvalue weighted by Gasteiger charge is -2.22. The Bertz CT molecular complexity index is 278. The third-order valence-corrected chi connectivity index (χ3v) is 4.23. The molecule has 1 aliphatic heterocycles. The van der Waals surface area contributed by atoms with Crippen molar-refractivity contribution in [3.8, 4) is 6.07 Å². The molecule has 0 amide bonds. The molecule has 1 saturated heterocycles. The van der Waals surface area contributed by atoms with Crippen LogP contribution < -0.4 is 5.73 Å². The van der Waals surface area contributed by atoms with Gasteiger partial charge in [0.15, 0.2) is 0 Å². The minimum absolute atomic E-state index is 0.647. The molecule has 0 spiro atoms. The van der Waals surface area contributed by atoms with E-state index in [1.54, 1.807) is 0 Å². The van der Waals surface area contributed by atoms with Crippen molar-refractivity contribution in [2.45, 2.75) is 58.4 Å². The fourth-order valence-electron chi connectivity index (χ4n) is 2.80. The van der Waals surface area contributed by atoms with Gasteiger partial charge in [0.1, 0.15) is 5.54 Å². The SMILES string of the molecule is CC(C)C1CCCN(CCCC(C)(N)C#N)CC1. The molecule has 2 N–H and O–H groups in total. The zero-order chi connectivity index (χ0) is 13.6. The van der Waals surface area contributed by atoms with Gasteiger partial charge >= 0.3 is 0 Å². The van der Waals surface area contributed by atoms with Crippen molar-refractivity contribution in [2.24, 2.45) is 17.6 Å². The molecule has 1 fully saturated rings. The molecule has 0 radical (unpaired) electrons. The maximum absolute atomic E-state index is 8.88. The molecule has 18 heavy (non-hydrogen) atoms. The van der Waals surface area contributed by atoms with Gasteiger partial charge in [-0.15, -0.1) is 0 Å². The number of nitrogens with two attached hydrogens (primary N) is 1. The van der Waals surface area contributed by atoms with Crippen LogP contribution >= 0.6 is 0 Å². The lowest BCUT2D eigenvalue weighted by molar-refractivity contribution is 0.262. The Hall–Kier alpha value is -0.590. The second kappa shape index (κ2) is 7.11. The van der Waals surface area contributed by atoms with Crippen LogP contribution in [0.5, 0.6) is 0 Å². The van der Waals surface area contributed by atoms with Crippen molar-refractivity contribution in [1.82, 2.24) is 4.90 Å². The monoisotopic (exact) mass is 251 g/mol. The molecular formula is C15H29N3. The smallest absolute Gasteiger partial charge is 0.101 e. The van der Waals surface area contributed by atoms with Gasteiger partial charge in [-0.3, -0.25) is 0 Å². The number of likely N-dealkylation sites (tertiary alicyclic amines) is 1. The molecule has 1 rings (SSSR count). The van der Waals surface area contributed by atoms with E-state index in [1.165, 1.54) is 32.4 Å². The zero-order valence-electron chi connectivity index (χ0n) is 12.3. The molecular weight excluding hydrogens is 222 g/mol. The van der Waals surface area contributed by atoms with E-state index in [1.807, 2.05) is 6.92 Å². The summed E-state index contributed by atoms with van der Waals surface area (Å²) in [4.78, 5) is 2.55. The Balaban J connectivity index is 2.26. The quantitative estimate of drug-likeness (QED) is 0.817. The number of nitrogens with zero attached hydrogens (tertiary/aromatic N) is 2. The minimum atomic E-state index is -0.647. The predicted octanol–water partition coefficient (Wildman–Crippen LogP) is 2.77. The molecule has 2 atom stereocenters. The standard InChI is InChI=1S/C15H29N3/c1-13(2)14-6-4-9-18(11-7-14)10-5-8-15(3,17)12-16/h13-14H,4-11,17H2,1-3H3. The maximum Gasteiger partial charge on any atom is 0.101 e. The molecule has 0 saturated carbocycles. The summed E-state index contributed by atoms with van der Waals surface area (Å²) in [6, 6.07) is 2.17. The molecule has 0 aromatic rings. The summed E-state index contributed by atoms with van der Waals surface area (Å²) < 4.78 is 0. The number of hydrogen-bond acceptors (Lipinski definition) is 3. The Kier molecular flexibility index (Phi) is 6.11. The van der Waals surface area contributed by atoms with Crippen LogP contribution in [0.4, 0.5) is 0 Å². The molecule has 0 aromatic heterocycles. The van der Waals surface area contributed by atoms with E-state index < -0.39 is 5.54 Å². The van der Waals surface area contributed by atoms with E-state index in [0.717, 1.165) is 31.2 Å². The molecule has 2 unspecified atom stereocenters. The zero-order valence-corrected chi connectivity index (χ0v) is 12.3. The van der Waals surface area contributed by atoms with Crippen LogP contribution in [-0.4, -0.2) is 30.1 Å². The van der Waals surface area contributed by atoms with Crippen LogP contribution in [0.1, 0.15) is 52.9 Å². The first-order valence-corrected chi connectivity index (χ1v) is 7.37. The van der Waals surface area contributed by atoms with Crippen molar-refractivity contribution >= 4 is 0 Å². The van der Waals surface area contributed by atoms with Gasteiger partial charge in [0, 0.05) is 0 Å². The van der Waals surface area contributed by atoms with Gasteiger partial charge in [-0.25, -0.2) is 0 Å². The lowest BCUT2D eigenvalue weighted by Crippen LogP contribution is -2.35. The summed E-state index contributed by atoms with van der Waals surface area (Å²) in [7, 11) is 0. The van der Waals surface area contributed by atoms with Crippen LogP contribution in [0.2, 0.25) is 0 Å². The van der Waals surface area contributed by atoms with Crippen LogP contribution in [0, 0.1) is 23.2 Å². The van der Waals surface area contributed by atoms with E-state index in [4.69, 9.17) is 11.0 Å². The second-order valence-electron chi connectivity index (χ2n) is 6.41. The summed E-state index contributed by atoms with van der Waals surface area (Å²) in [5, 5.41) is 8.88. The van der Waals surface area contributed by atoms with Crippen molar-refractivity contribution in [2.75, 3.05) is 19.6 Å². The van der Waals surface area contributed by atoms with E-state index in [-0.39, 0.29) is 0 Å². The van der Waals surface area contributed by atoms with Gasteiger partial charge < -0.3 is 10.6 Å². The maximum atomic E-state index is 8.88. The van der Waals surface area contributed by atoms with E-state index in [9.17, 15) is 0 Å². The summed E-state index contributed by atoms with van der Waals surface area (Å²) in [5.74, 6) is 1.71. The van der Waals surface area contributed by atoms with Crippen LogP contribution in [-0.2, 0) is 0 Å². The summed E-state index contributed by atoms with van der Waals surface area (Å²) in [6.07, 6.45) is 5.86. The van der Waals surface area contributed by atoms with E-state index in [0.29, 0.717) is 0 Å². The van der Waals surface area contributed by atoms with Crippen molar-refractivity contribution in [3.05, 3.63) is 0 Å². The first kappa shape index (κ1) is 15.5. The highest BCUT2D eigenvalue weighted by Gasteiger charge is 2.21. The number of nitriles is 1. The molecule has 0 aromatic carbocycles. The molecule has 1 heterocycles. The van der Waals surface area contributed by atoms with Gasteiger partial charge in [0.2, 0.25) is 0 Å². The first-order valence-electron chi connectivity index (χ1n) is 7.37. The highest BCUT2D eigenvalue weighted by Crippen LogP contribution is 2.24. The van der Waals surface area contributed by atoms with Gasteiger partial charge in [-0.2, -0.15) is 5.26 Å². The molecule has 0 bridgehead atoms. The highest BCUT2D eigenvalue weighted by atomic mass is 15.1. The Labute approximate surface area is 112 Å². The largest absolute Gasteiger partial charge is 0.314 e. The fourth-order valence-corrected chi connectivity index (χ4v) is 2.80. The lowest BCUT2D eigenvalue weighted by atomic mass is 9.89. The van der Waals surface area contributed by atoms with E-state index >= 15 is 0 Å². The second-order valence-corrected chi connectivity index (χ2v) is 6.41. The summed E-state index contributed by atoms with van der Waals surface area (Å²) in [6.45, 7) is 10.0. The predicted molar refractivity (Wildman–Crippen MR) is 76.1 cm³/mol. The van der Waals surface area contributed by atoms with Gasteiger partial charge in [0.25, 0.3) is 0 Å². The highest BCUT2D eigenvalue weighted by molar-refractivity contribution is 5.00. The van der Waals surface area contributed by atoms with Crippen LogP contribution in [0.15, 0.2) is 0 Å². The van der Waals surface area contributed by atoms with Crippen molar-refractivity contribution in [3.63, 3.8) is 0 Å². The van der Waals surface area contributed by atoms with Gasteiger partial charge in [-0.1, -0.05) is 13.8 Å². The third kappa shape index (κ3) is 5.37. The average Bonchev–Trinajstić information content (AvgIpc) is 2.54. The Morgan fingerprint density at radius 2 is 2.11 bits per heavy atom. The number of hydrogen-bond donors (Lipinski definition) is 1. The van der Waals surface area contributed by atoms with Crippen LogP contribution in [0.3, 0.4) is 0 Å². The number of rotatable bonds is 5. The van der Waals surface area contributed by atoms with Gasteiger partial charge in [0.05, 0.1) is 6.07 Å². The first-order chi connectivity index (χ1) is 8.44. The molecule has 104 valence electrons. The van der Waals surface area contributed by atoms with Crippen LogP contribution in [0.25, 0.3) is 0 Å². The summed E-state index contributed by atoms with van der Waals surface area (Å²) >= 11 is 0. The van der Waals surface area contributed by atoms with Crippen molar-refractivity contribution in [1.29, 1.82) is 5.26 Å². The Morgan fingerprint density at radius 1 is 1.39 bits per heavy atom. The minimum Gasteiger partial charge on any atom is -0.314 e. The third-order valence-electron chi connectivity index (χ3n) is 4.23. The molecule has 1 aliphatic rings. The fraction of sp³-hybridized carbons (Fsp3) is 0.933. The normalized spacial score (nSPS) is 25.4. The molecule has 0 aliphatic carbocycles. The summed E-state index contributed by atoms with van der Waals surface area (Å²) in [5.41, 5.74) is 5.20. The Morgan fingerprint density at radius 3 is 2.72 bits per heavy atom. The van der Waals surface area contributed by atoms with E-state index in [2.05, 4.69) is 24.8 Å².